The van der Waals surface area contributed by atoms with Crippen LogP contribution in [0.4, 0.5) is 17.1 Å². The molecule has 0 unspecified atom stereocenters. The van der Waals surface area contributed by atoms with E-state index in [4.69, 9.17) is 0 Å². The Labute approximate surface area is 133 Å². The zero-order valence-corrected chi connectivity index (χ0v) is 12.5. The molecule has 0 saturated heterocycles. The Morgan fingerprint density at radius 2 is 1.52 bits per heavy atom. The number of nitro benzene ring substituents is 1. The molecule has 5 nitrogen and oxygen atoms in total. The molecule has 2 aliphatic rings. The summed E-state index contributed by atoms with van der Waals surface area (Å²) in [7, 11) is 0. The van der Waals surface area contributed by atoms with Crippen LogP contribution in [0.1, 0.15) is 6.92 Å². The van der Waals surface area contributed by atoms with Crippen molar-refractivity contribution in [2.24, 2.45) is 0 Å². The molecule has 1 aromatic carbocycles. The second-order valence-electron chi connectivity index (χ2n) is 5.14. The lowest BCUT2D eigenvalue weighted by Gasteiger charge is -2.19. The van der Waals surface area contributed by atoms with E-state index in [1.807, 2.05) is 42.5 Å². The third kappa shape index (κ3) is 2.76. The number of fused-ring (bicyclic) bond motifs is 1. The quantitative estimate of drug-likeness (QED) is 0.532. The molecule has 5 heteroatoms. The van der Waals surface area contributed by atoms with Crippen molar-refractivity contribution in [2.75, 3.05) is 4.90 Å². The summed E-state index contributed by atoms with van der Waals surface area (Å²) in [5.41, 5.74) is 2.72. The van der Waals surface area contributed by atoms with E-state index >= 15 is 0 Å². The molecule has 0 aliphatic heterocycles. The SMILES string of the molecule is CC(=O)N(c1cc2cccccc-2c1)c1ccccc1[N+](=O)[O-]. The van der Waals surface area contributed by atoms with E-state index in [1.54, 1.807) is 18.2 Å². The number of nitro groups is 1. The molecule has 23 heavy (non-hydrogen) atoms. The Hall–Kier alpha value is -3.21. The number of anilines is 2. The summed E-state index contributed by atoms with van der Waals surface area (Å²) in [5, 5.41) is 11.3. The van der Waals surface area contributed by atoms with Gasteiger partial charge in [0.15, 0.2) is 0 Å². The molecule has 0 aromatic heterocycles. The third-order valence-electron chi connectivity index (χ3n) is 3.61. The minimum Gasteiger partial charge on any atom is -0.275 e. The number of rotatable bonds is 3. The van der Waals surface area contributed by atoms with Gasteiger partial charge in [-0.3, -0.25) is 19.8 Å². The lowest BCUT2D eigenvalue weighted by atomic mass is 10.2. The van der Waals surface area contributed by atoms with Crippen LogP contribution in [0.2, 0.25) is 0 Å². The van der Waals surface area contributed by atoms with E-state index in [0.717, 1.165) is 11.1 Å². The Bertz CT molecular complexity index is 830. The number of benzene rings is 1. The van der Waals surface area contributed by atoms with Gasteiger partial charge in [-0.2, -0.15) is 0 Å². The number of carbonyl (C=O) groups is 1. The fourth-order valence-electron chi connectivity index (χ4n) is 2.63. The third-order valence-corrected chi connectivity index (χ3v) is 3.61. The van der Waals surface area contributed by atoms with Gasteiger partial charge in [0.2, 0.25) is 5.91 Å². The van der Waals surface area contributed by atoms with E-state index in [1.165, 1.54) is 17.9 Å². The van der Waals surface area contributed by atoms with Crippen molar-refractivity contribution >= 4 is 23.0 Å². The number of hydrogen-bond donors (Lipinski definition) is 0. The van der Waals surface area contributed by atoms with Crippen LogP contribution in [0.5, 0.6) is 0 Å². The predicted octanol–water partition coefficient (Wildman–Crippen LogP) is 4.38. The number of amides is 1. The molecule has 1 amide bonds. The van der Waals surface area contributed by atoms with Crippen molar-refractivity contribution < 1.29 is 9.72 Å². The van der Waals surface area contributed by atoms with Crippen LogP contribution in [0.3, 0.4) is 0 Å². The zero-order chi connectivity index (χ0) is 16.4. The molecule has 0 N–H and O–H groups in total. The van der Waals surface area contributed by atoms with Gasteiger partial charge in [0.05, 0.1) is 10.6 Å². The van der Waals surface area contributed by atoms with Gasteiger partial charge in [-0.1, -0.05) is 42.5 Å². The van der Waals surface area contributed by atoms with Crippen LogP contribution in [-0.2, 0) is 4.79 Å². The minimum atomic E-state index is -0.478. The van der Waals surface area contributed by atoms with Gasteiger partial charge in [0, 0.05) is 13.0 Å². The van der Waals surface area contributed by atoms with Gasteiger partial charge in [-0.15, -0.1) is 0 Å². The van der Waals surface area contributed by atoms with E-state index in [-0.39, 0.29) is 17.3 Å². The van der Waals surface area contributed by atoms with Crippen LogP contribution in [0.15, 0.2) is 66.7 Å². The molecule has 114 valence electrons. The molecule has 0 radical (unpaired) electrons. The molecule has 1 aromatic rings. The highest BCUT2D eigenvalue weighted by molar-refractivity contribution is 6.02. The fourth-order valence-corrected chi connectivity index (χ4v) is 2.63. The van der Waals surface area contributed by atoms with Crippen LogP contribution in [0.25, 0.3) is 11.1 Å². The van der Waals surface area contributed by atoms with Gasteiger partial charge in [-0.25, -0.2) is 0 Å². The van der Waals surface area contributed by atoms with Crippen molar-refractivity contribution in [2.45, 2.75) is 6.92 Å². The summed E-state index contributed by atoms with van der Waals surface area (Å²) in [4.78, 5) is 24.3. The maximum Gasteiger partial charge on any atom is 0.293 e. The smallest absolute Gasteiger partial charge is 0.275 e. The highest BCUT2D eigenvalue weighted by atomic mass is 16.6. The average Bonchev–Trinajstić information content (AvgIpc) is 2.77. The van der Waals surface area contributed by atoms with Gasteiger partial charge in [0.1, 0.15) is 5.69 Å². The molecule has 3 rings (SSSR count). The van der Waals surface area contributed by atoms with Gasteiger partial charge in [0.25, 0.3) is 5.69 Å². The van der Waals surface area contributed by atoms with Gasteiger partial charge in [-0.05, 0) is 29.3 Å². The number of hydrogen-bond acceptors (Lipinski definition) is 3. The number of carbonyl (C=O) groups excluding carboxylic acids is 1. The van der Waals surface area contributed by atoms with E-state index < -0.39 is 4.92 Å². The highest BCUT2D eigenvalue weighted by Gasteiger charge is 2.24. The van der Waals surface area contributed by atoms with Crippen molar-refractivity contribution in [3.63, 3.8) is 0 Å². The molecule has 0 bridgehead atoms. The Kier molecular flexibility index (Phi) is 3.76. The Morgan fingerprint density at radius 3 is 2.09 bits per heavy atom. The van der Waals surface area contributed by atoms with Crippen molar-refractivity contribution in [3.05, 3.63) is 76.8 Å². The second kappa shape index (κ2) is 5.88. The van der Waals surface area contributed by atoms with Crippen molar-refractivity contribution in [1.29, 1.82) is 0 Å². The van der Waals surface area contributed by atoms with Crippen LogP contribution >= 0.6 is 0 Å². The second-order valence-corrected chi connectivity index (χ2v) is 5.14. The monoisotopic (exact) mass is 306 g/mol. The van der Waals surface area contributed by atoms with Gasteiger partial charge < -0.3 is 0 Å². The standard InChI is InChI=1S/C18H14N2O3/c1-13(21)19(17-9-5-6-10-18(17)20(22)23)16-11-14-7-3-2-4-8-15(14)12-16/h2-12H,1H3. The first-order valence-electron chi connectivity index (χ1n) is 7.11. The van der Waals surface area contributed by atoms with Crippen molar-refractivity contribution in [1.82, 2.24) is 0 Å². The first-order chi connectivity index (χ1) is 11.1. The Balaban J connectivity index is 2.18. The largest absolute Gasteiger partial charge is 0.293 e. The van der Waals surface area contributed by atoms with E-state index in [9.17, 15) is 14.9 Å². The van der Waals surface area contributed by atoms with Gasteiger partial charge >= 0.3 is 0 Å². The molecule has 2 aliphatic carbocycles. The number of nitrogens with zero attached hydrogens (tertiary/aromatic N) is 2. The molecular formula is C18H14N2O3. The zero-order valence-electron chi connectivity index (χ0n) is 12.5. The van der Waals surface area contributed by atoms with E-state index in [2.05, 4.69) is 0 Å². The topological polar surface area (TPSA) is 63.5 Å². The number of para-hydroxylation sites is 2. The minimum absolute atomic E-state index is 0.0986. The Morgan fingerprint density at radius 1 is 0.957 bits per heavy atom. The molecule has 0 atom stereocenters. The molecule has 0 heterocycles. The van der Waals surface area contributed by atoms with Crippen LogP contribution in [-0.4, -0.2) is 10.8 Å². The predicted molar refractivity (Wildman–Crippen MR) is 89.0 cm³/mol. The molecule has 0 spiro atoms. The first kappa shape index (κ1) is 14.7. The summed E-state index contributed by atoms with van der Waals surface area (Å²) in [6.45, 7) is 1.40. The molecular weight excluding hydrogens is 292 g/mol. The van der Waals surface area contributed by atoms with Crippen molar-refractivity contribution in [3.8, 4) is 11.1 Å². The summed E-state index contributed by atoms with van der Waals surface area (Å²) in [5.74, 6) is -0.279. The van der Waals surface area contributed by atoms with Crippen LogP contribution in [0, 0.1) is 10.1 Å². The summed E-state index contributed by atoms with van der Waals surface area (Å²) in [6.07, 6.45) is 0. The normalized spacial score (nSPS) is 10.5. The maximum absolute atomic E-state index is 12.2. The summed E-state index contributed by atoms with van der Waals surface area (Å²) >= 11 is 0. The molecule has 0 saturated carbocycles. The lowest BCUT2D eigenvalue weighted by Crippen LogP contribution is -2.23. The molecule has 0 fully saturated rings. The van der Waals surface area contributed by atoms with E-state index in [0.29, 0.717) is 5.69 Å². The highest BCUT2D eigenvalue weighted by Crippen LogP contribution is 2.38. The summed E-state index contributed by atoms with van der Waals surface area (Å²) < 4.78 is 0. The average molecular weight is 306 g/mol. The fraction of sp³-hybridized carbons (Fsp3) is 0.0556. The summed E-state index contributed by atoms with van der Waals surface area (Å²) in [6, 6.07) is 19.6. The first-order valence-corrected chi connectivity index (χ1v) is 7.11. The van der Waals surface area contributed by atoms with Crippen LogP contribution < -0.4 is 4.90 Å². The maximum atomic E-state index is 12.2. The lowest BCUT2D eigenvalue weighted by molar-refractivity contribution is -0.384.